The third kappa shape index (κ3) is 4.23. The van der Waals surface area contributed by atoms with Crippen LogP contribution in [0.25, 0.3) is 0 Å². The summed E-state index contributed by atoms with van der Waals surface area (Å²) >= 11 is 0. The topological polar surface area (TPSA) is 47.6 Å². The molecule has 0 aliphatic heterocycles. The Labute approximate surface area is 121 Å². The molecule has 0 spiro atoms. The number of hydrogen-bond donors (Lipinski definition) is 1. The molecule has 1 atom stereocenters. The van der Waals surface area contributed by atoms with Gasteiger partial charge in [0.25, 0.3) is 0 Å². The summed E-state index contributed by atoms with van der Waals surface area (Å²) in [6.45, 7) is 8.92. The van der Waals surface area contributed by atoms with E-state index >= 15 is 0 Å². The van der Waals surface area contributed by atoms with Crippen LogP contribution in [0.4, 0.5) is 0 Å². The lowest BCUT2D eigenvalue weighted by Gasteiger charge is -2.27. The molecule has 1 aromatic rings. The molecule has 0 bridgehead atoms. The van der Waals surface area contributed by atoms with Crippen LogP contribution in [0.5, 0.6) is 5.75 Å². The van der Waals surface area contributed by atoms with Crippen molar-refractivity contribution >= 4 is 5.97 Å². The molecular weight excluding hydrogens is 254 g/mol. The van der Waals surface area contributed by atoms with Crippen molar-refractivity contribution in [1.82, 2.24) is 5.32 Å². The van der Waals surface area contributed by atoms with E-state index in [1.807, 2.05) is 31.2 Å². The van der Waals surface area contributed by atoms with Gasteiger partial charge >= 0.3 is 5.97 Å². The summed E-state index contributed by atoms with van der Waals surface area (Å²) < 4.78 is 10.5. The summed E-state index contributed by atoms with van der Waals surface area (Å²) in [7, 11) is 1.38. The van der Waals surface area contributed by atoms with Crippen molar-refractivity contribution in [2.75, 3.05) is 20.3 Å². The van der Waals surface area contributed by atoms with E-state index in [1.54, 1.807) is 6.92 Å². The zero-order chi connectivity index (χ0) is 15.2. The predicted molar refractivity (Wildman–Crippen MR) is 80.1 cm³/mol. The van der Waals surface area contributed by atoms with Crippen LogP contribution in [-0.2, 0) is 9.53 Å². The number of esters is 1. The second-order valence-corrected chi connectivity index (χ2v) is 5.37. The highest BCUT2D eigenvalue weighted by molar-refractivity contribution is 5.80. The van der Waals surface area contributed by atoms with Crippen LogP contribution in [0.15, 0.2) is 24.3 Å². The lowest BCUT2D eigenvalue weighted by atomic mass is 10.0. The Hall–Kier alpha value is -1.55. The standard InChI is InChI=1S/C16H25NO3/c1-6-17-16(4,15(18)19-5)11-20-14-9-7-13(8-10-14)12(2)3/h7-10,12,17H,6,11H2,1-5H3. The Bertz CT molecular complexity index is 428. The van der Waals surface area contributed by atoms with E-state index in [9.17, 15) is 4.79 Å². The van der Waals surface area contributed by atoms with Gasteiger partial charge < -0.3 is 9.47 Å². The fourth-order valence-electron chi connectivity index (χ4n) is 1.97. The first-order chi connectivity index (χ1) is 9.42. The molecule has 1 N–H and O–H groups in total. The number of likely N-dealkylation sites (N-methyl/N-ethyl adjacent to an activating group) is 1. The van der Waals surface area contributed by atoms with E-state index < -0.39 is 5.54 Å². The van der Waals surface area contributed by atoms with E-state index in [0.29, 0.717) is 12.5 Å². The number of carbonyl (C=O) groups is 1. The number of hydrogen-bond acceptors (Lipinski definition) is 4. The second-order valence-electron chi connectivity index (χ2n) is 5.37. The molecule has 0 saturated carbocycles. The average Bonchev–Trinajstić information content (AvgIpc) is 2.45. The van der Waals surface area contributed by atoms with E-state index in [0.717, 1.165) is 5.75 Å². The van der Waals surface area contributed by atoms with Gasteiger partial charge in [-0.3, -0.25) is 5.32 Å². The zero-order valence-corrected chi connectivity index (χ0v) is 13.0. The van der Waals surface area contributed by atoms with E-state index in [-0.39, 0.29) is 12.6 Å². The Morgan fingerprint density at radius 1 is 1.30 bits per heavy atom. The minimum atomic E-state index is -0.833. The lowest BCUT2D eigenvalue weighted by molar-refractivity contribution is -0.149. The molecule has 0 aliphatic carbocycles. The molecule has 0 aliphatic rings. The SMILES string of the molecule is CCNC(C)(COc1ccc(C(C)C)cc1)C(=O)OC. The Balaban J connectivity index is 2.70. The summed E-state index contributed by atoms with van der Waals surface area (Å²) in [5.74, 6) is 0.923. The van der Waals surface area contributed by atoms with Gasteiger partial charge in [0.1, 0.15) is 17.9 Å². The van der Waals surface area contributed by atoms with Gasteiger partial charge in [-0.15, -0.1) is 0 Å². The highest BCUT2D eigenvalue weighted by atomic mass is 16.5. The van der Waals surface area contributed by atoms with Crippen LogP contribution in [0.2, 0.25) is 0 Å². The summed E-state index contributed by atoms with van der Waals surface area (Å²) in [5, 5.41) is 3.11. The van der Waals surface area contributed by atoms with Crippen molar-refractivity contribution < 1.29 is 14.3 Å². The third-order valence-electron chi connectivity index (χ3n) is 3.28. The van der Waals surface area contributed by atoms with Gasteiger partial charge in [-0.1, -0.05) is 32.9 Å². The van der Waals surface area contributed by atoms with Crippen molar-refractivity contribution in [1.29, 1.82) is 0 Å². The second kappa shape index (κ2) is 7.29. The molecule has 0 amide bonds. The van der Waals surface area contributed by atoms with E-state index in [1.165, 1.54) is 12.7 Å². The van der Waals surface area contributed by atoms with Crippen LogP contribution < -0.4 is 10.1 Å². The molecule has 0 aromatic heterocycles. The maximum absolute atomic E-state index is 11.8. The van der Waals surface area contributed by atoms with Gasteiger partial charge in [-0.2, -0.15) is 0 Å². The van der Waals surface area contributed by atoms with Gasteiger partial charge in [-0.05, 0) is 37.1 Å². The molecular formula is C16H25NO3. The van der Waals surface area contributed by atoms with Crippen molar-refractivity contribution in [2.24, 2.45) is 0 Å². The maximum atomic E-state index is 11.8. The molecule has 4 heteroatoms. The molecule has 0 radical (unpaired) electrons. The molecule has 0 fully saturated rings. The molecule has 1 aromatic carbocycles. The fraction of sp³-hybridized carbons (Fsp3) is 0.562. The van der Waals surface area contributed by atoms with Crippen molar-refractivity contribution in [3.8, 4) is 5.75 Å². The van der Waals surface area contributed by atoms with Crippen LogP contribution in [0.3, 0.4) is 0 Å². The lowest BCUT2D eigenvalue weighted by Crippen LogP contribution is -2.54. The minimum Gasteiger partial charge on any atom is -0.491 e. The van der Waals surface area contributed by atoms with Gasteiger partial charge in [0.15, 0.2) is 0 Å². The monoisotopic (exact) mass is 279 g/mol. The first kappa shape index (κ1) is 16.5. The zero-order valence-electron chi connectivity index (χ0n) is 13.0. The molecule has 4 nitrogen and oxygen atoms in total. The summed E-state index contributed by atoms with van der Waals surface area (Å²) in [6, 6.07) is 7.95. The van der Waals surface area contributed by atoms with Crippen molar-refractivity contribution in [3.05, 3.63) is 29.8 Å². The Morgan fingerprint density at radius 3 is 2.35 bits per heavy atom. The number of rotatable bonds is 7. The summed E-state index contributed by atoms with van der Waals surface area (Å²) in [4.78, 5) is 11.8. The Kier molecular flexibility index (Phi) is 6.02. The third-order valence-corrected chi connectivity index (χ3v) is 3.28. The molecule has 0 saturated heterocycles. The maximum Gasteiger partial charge on any atom is 0.329 e. The van der Waals surface area contributed by atoms with Crippen molar-refractivity contribution in [3.63, 3.8) is 0 Å². The predicted octanol–water partition coefficient (Wildman–Crippen LogP) is 2.73. The average molecular weight is 279 g/mol. The number of nitrogens with one attached hydrogen (secondary N) is 1. The normalized spacial score (nSPS) is 13.9. The fourth-order valence-corrected chi connectivity index (χ4v) is 1.97. The molecule has 1 rings (SSSR count). The van der Waals surface area contributed by atoms with Gasteiger partial charge in [0, 0.05) is 0 Å². The van der Waals surface area contributed by atoms with Crippen molar-refractivity contribution in [2.45, 2.75) is 39.2 Å². The highest BCUT2D eigenvalue weighted by Gasteiger charge is 2.34. The molecule has 20 heavy (non-hydrogen) atoms. The number of carbonyl (C=O) groups excluding carboxylic acids is 1. The van der Waals surface area contributed by atoms with Gasteiger partial charge in [0.05, 0.1) is 7.11 Å². The van der Waals surface area contributed by atoms with Crippen LogP contribution >= 0.6 is 0 Å². The summed E-state index contributed by atoms with van der Waals surface area (Å²) in [5.41, 5.74) is 0.431. The van der Waals surface area contributed by atoms with Gasteiger partial charge in [-0.25, -0.2) is 4.79 Å². The molecule has 0 heterocycles. The minimum absolute atomic E-state index is 0.231. The first-order valence-corrected chi connectivity index (χ1v) is 6.99. The number of benzene rings is 1. The number of ether oxygens (including phenoxy) is 2. The molecule has 1 unspecified atom stereocenters. The molecule has 112 valence electrons. The summed E-state index contributed by atoms with van der Waals surface area (Å²) in [6.07, 6.45) is 0. The van der Waals surface area contributed by atoms with E-state index in [4.69, 9.17) is 9.47 Å². The van der Waals surface area contributed by atoms with Crippen LogP contribution in [-0.4, -0.2) is 31.8 Å². The van der Waals surface area contributed by atoms with Crippen LogP contribution in [0.1, 0.15) is 39.2 Å². The Morgan fingerprint density at radius 2 is 1.90 bits per heavy atom. The largest absolute Gasteiger partial charge is 0.491 e. The smallest absolute Gasteiger partial charge is 0.329 e. The van der Waals surface area contributed by atoms with Crippen LogP contribution in [0, 0.1) is 0 Å². The first-order valence-electron chi connectivity index (χ1n) is 6.99. The van der Waals surface area contributed by atoms with E-state index in [2.05, 4.69) is 19.2 Å². The van der Waals surface area contributed by atoms with Gasteiger partial charge in [0.2, 0.25) is 0 Å². The quantitative estimate of drug-likeness (QED) is 0.780. The highest BCUT2D eigenvalue weighted by Crippen LogP contribution is 2.19. The number of methoxy groups -OCH3 is 1.